The lowest BCUT2D eigenvalue weighted by molar-refractivity contribution is -0.141. The summed E-state index contributed by atoms with van der Waals surface area (Å²) in [6.07, 6.45) is 0.859. The number of nitrogens with one attached hydrogen (secondary N) is 1. The Labute approximate surface area is 255 Å². The zero-order valence-corrected chi connectivity index (χ0v) is 26.7. The number of methoxy groups -OCH3 is 4. The molecule has 0 spiro atoms. The number of ketones is 1. The van der Waals surface area contributed by atoms with Crippen LogP contribution in [-0.4, -0.2) is 59.5 Å². The third-order valence-corrected chi connectivity index (χ3v) is 8.07. The first kappa shape index (κ1) is 31.4. The van der Waals surface area contributed by atoms with E-state index >= 15 is 0 Å². The highest BCUT2D eigenvalue weighted by molar-refractivity contribution is 9.10. The summed E-state index contributed by atoms with van der Waals surface area (Å²) in [7, 11) is 6.28. The van der Waals surface area contributed by atoms with Crippen molar-refractivity contribution in [3.8, 4) is 23.0 Å². The number of dihydropyridines is 1. The molecule has 0 aromatic heterocycles. The van der Waals surface area contributed by atoms with E-state index < -0.39 is 11.9 Å². The summed E-state index contributed by atoms with van der Waals surface area (Å²) >= 11 is 3.58. The normalized spacial score (nSPS) is 18.5. The number of Topliss-reactive ketones (excluding diaryl/α,β-unsaturated/α-hetero) is 1. The van der Waals surface area contributed by atoms with Gasteiger partial charge in [-0.25, -0.2) is 4.79 Å². The van der Waals surface area contributed by atoms with Crippen LogP contribution >= 0.6 is 15.9 Å². The highest BCUT2D eigenvalue weighted by Gasteiger charge is 2.42. The van der Waals surface area contributed by atoms with Gasteiger partial charge in [0, 0.05) is 29.3 Å². The molecule has 226 valence electrons. The van der Waals surface area contributed by atoms with Gasteiger partial charge in [0.1, 0.15) is 6.61 Å². The van der Waals surface area contributed by atoms with Crippen molar-refractivity contribution >= 4 is 27.7 Å². The van der Waals surface area contributed by atoms with Gasteiger partial charge in [0.25, 0.3) is 0 Å². The molecule has 1 heterocycles. The molecule has 2 aliphatic rings. The van der Waals surface area contributed by atoms with Crippen LogP contribution in [0.4, 0.5) is 0 Å². The Morgan fingerprint density at radius 2 is 1.62 bits per heavy atom. The minimum absolute atomic E-state index is 0.0176. The first-order chi connectivity index (χ1) is 20.1. The summed E-state index contributed by atoms with van der Waals surface area (Å²) in [4.78, 5) is 27.6. The third-order valence-electron chi connectivity index (χ3n) is 7.48. The molecule has 1 aliphatic carbocycles. The summed E-state index contributed by atoms with van der Waals surface area (Å²) in [6, 6.07) is 9.39. The molecule has 42 heavy (non-hydrogen) atoms. The van der Waals surface area contributed by atoms with Crippen LogP contribution < -0.4 is 24.3 Å². The summed E-state index contributed by atoms with van der Waals surface area (Å²) in [5, 5.41) is 3.39. The molecule has 1 N–H and O–H groups in total. The number of benzene rings is 2. The van der Waals surface area contributed by atoms with Gasteiger partial charge in [0.2, 0.25) is 0 Å². The van der Waals surface area contributed by atoms with Gasteiger partial charge in [0.15, 0.2) is 28.8 Å². The lowest BCUT2D eigenvalue weighted by atomic mass is 9.71. The topological polar surface area (TPSA) is 102 Å². The van der Waals surface area contributed by atoms with Crippen LogP contribution in [-0.2, 0) is 19.1 Å². The van der Waals surface area contributed by atoms with Crippen LogP contribution in [0.2, 0.25) is 0 Å². The largest absolute Gasteiger partial charge is 0.493 e. The van der Waals surface area contributed by atoms with Gasteiger partial charge in [-0.05, 0) is 84.4 Å². The first-order valence-electron chi connectivity index (χ1n) is 13.8. The number of hydrogen-bond donors (Lipinski definition) is 1. The zero-order valence-electron chi connectivity index (χ0n) is 25.1. The average molecular weight is 645 g/mol. The lowest BCUT2D eigenvalue weighted by Gasteiger charge is -2.37. The first-order valence-corrected chi connectivity index (χ1v) is 14.6. The quantitative estimate of drug-likeness (QED) is 0.240. The second kappa shape index (κ2) is 13.6. The highest BCUT2D eigenvalue weighted by atomic mass is 79.9. The van der Waals surface area contributed by atoms with Crippen molar-refractivity contribution in [1.29, 1.82) is 0 Å². The average Bonchev–Trinajstić information content (AvgIpc) is 2.97. The molecular formula is C32H38BrNO8. The van der Waals surface area contributed by atoms with Crippen molar-refractivity contribution in [1.82, 2.24) is 5.32 Å². The second-order valence-corrected chi connectivity index (χ2v) is 11.3. The fourth-order valence-electron chi connectivity index (χ4n) is 5.59. The van der Waals surface area contributed by atoms with E-state index in [1.165, 1.54) is 0 Å². The van der Waals surface area contributed by atoms with Crippen molar-refractivity contribution < 1.29 is 38.0 Å². The van der Waals surface area contributed by atoms with Gasteiger partial charge in [-0.2, -0.15) is 0 Å². The third kappa shape index (κ3) is 6.44. The Hall–Kier alpha value is -3.50. The van der Waals surface area contributed by atoms with Crippen molar-refractivity contribution in [2.45, 2.75) is 51.6 Å². The van der Waals surface area contributed by atoms with Crippen LogP contribution in [0.5, 0.6) is 23.0 Å². The minimum Gasteiger partial charge on any atom is -0.493 e. The molecule has 2 aromatic carbocycles. The number of esters is 1. The fourth-order valence-corrected chi connectivity index (χ4v) is 6.21. The molecule has 2 atom stereocenters. The maximum absolute atomic E-state index is 14.0. The number of hydrogen-bond acceptors (Lipinski definition) is 9. The maximum Gasteiger partial charge on any atom is 0.336 e. The molecule has 1 aliphatic heterocycles. The predicted molar refractivity (Wildman–Crippen MR) is 161 cm³/mol. The molecule has 4 rings (SSSR count). The van der Waals surface area contributed by atoms with Crippen molar-refractivity contribution in [2.75, 3.05) is 41.7 Å². The summed E-state index contributed by atoms with van der Waals surface area (Å²) in [5.74, 6) is 0.900. The molecule has 0 amide bonds. The molecule has 2 aromatic rings. The van der Waals surface area contributed by atoms with E-state index in [-0.39, 0.29) is 37.4 Å². The molecule has 0 fully saturated rings. The van der Waals surface area contributed by atoms with Gasteiger partial charge in [-0.1, -0.05) is 6.07 Å². The van der Waals surface area contributed by atoms with Crippen molar-refractivity contribution in [3.05, 3.63) is 68.5 Å². The van der Waals surface area contributed by atoms with Gasteiger partial charge >= 0.3 is 5.97 Å². The van der Waals surface area contributed by atoms with Gasteiger partial charge < -0.3 is 33.7 Å². The number of halogens is 1. The second-order valence-electron chi connectivity index (χ2n) is 10.4. The smallest absolute Gasteiger partial charge is 0.336 e. The number of carbonyl (C=O) groups is 2. The van der Waals surface area contributed by atoms with Crippen LogP contribution in [0, 0.1) is 0 Å². The monoisotopic (exact) mass is 643 g/mol. The van der Waals surface area contributed by atoms with E-state index in [1.54, 1.807) is 34.5 Å². The van der Waals surface area contributed by atoms with Crippen LogP contribution in [0.1, 0.15) is 56.6 Å². The van der Waals surface area contributed by atoms with Crippen molar-refractivity contribution in [3.63, 3.8) is 0 Å². The predicted octanol–water partition coefficient (Wildman–Crippen LogP) is 5.81. The van der Waals surface area contributed by atoms with E-state index in [4.69, 9.17) is 28.4 Å². The van der Waals surface area contributed by atoms with Crippen LogP contribution in [0.3, 0.4) is 0 Å². The SMILES string of the molecule is COc1ccc(C2CC(=O)C3=C(C2)NC(C)=C(C(=O)OCCOC(C)C)C3c2cc(Br)c(OC)c(OC)c2)cc1OC. The van der Waals surface area contributed by atoms with Crippen LogP contribution in [0.25, 0.3) is 0 Å². The van der Waals surface area contributed by atoms with Gasteiger partial charge in [0.05, 0.1) is 51.2 Å². The minimum atomic E-state index is -0.672. The molecule has 2 unspecified atom stereocenters. The van der Waals surface area contributed by atoms with E-state index in [0.717, 1.165) is 11.3 Å². The van der Waals surface area contributed by atoms with E-state index in [2.05, 4.69) is 21.2 Å². The Morgan fingerprint density at radius 3 is 2.26 bits per heavy atom. The summed E-state index contributed by atoms with van der Waals surface area (Å²) in [6.45, 7) is 6.04. The summed E-state index contributed by atoms with van der Waals surface area (Å²) in [5.41, 5.74) is 3.99. The van der Waals surface area contributed by atoms with E-state index in [9.17, 15) is 9.59 Å². The molecule has 0 saturated carbocycles. The van der Waals surface area contributed by atoms with Gasteiger partial charge in [-0.3, -0.25) is 4.79 Å². The molecule has 0 radical (unpaired) electrons. The fraction of sp³-hybridized carbons (Fsp3) is 0.438. The number of rotatable bonds is 11. The Kier molecular flexibility index (Phi) is 10.2. The lowest BCUT2D eigenvalue weighted by Crippen LogP contribution is -2.36. The molecule has 10 heteroatoms. The van der Waals surface area contributed by atoms with E-state index in [1.807, 2.05) is 45.0 Å². The zero-order chi connectivity index (χ0) is 30.6. The Morgan fingerprint density at radius 1 is 0.929 bits per heavy atom. The highest BCUT2D eigenvalue weighted by Crippen LogP contribution is 2.49. The molecule has 9 nitrogen and oxygen atoms in total. The Bertz CT molecular complexity index is 1410. The van der Waals surface area contributed by atoms with E-state index in [0.29, 0.717) is 56.3 Å². The number of ether oxygens (including phenoxy) is 6. The summed E-state index contributed by atoms with van der Waals surface area (Å²) < 4.78 is 33.9. The van der Waals surface area contributed by atoms with Gasteiger partial charge in [-0.15, -0.1) is 0 Å². The maximum atomic E-state index is 14.0. The number of carbonyl (C=O) groups excluding carboxylic acids is 2. The van der Waals surface area contributed by atoms with Crippen molar-refractivity contribution in [2.24, 2.45) is 0 Å². The standard InChI is InChI=1S/C32H38BrNO8/c1-17(2)41-10-11-42-32(36)28-18(3)34-23-13-20(19-8-9-25(37-4)26(15-19)38-5)14-24(35)30(23)29(28)21-12-22(33)31(40-7)27(16-21)39-6/h8-9,12,15-17,20,29,34H,10-11,13-14H2,1-7H3. The molecular weight excluding hydrogens is 606 g/mol. The Balaban J connectivity index is 1.77. The van der Waals surface area contributed by atoms with Crippen LogP contribution in [0.15, 0.2) is 57.3 Å². The molecule has 0 bridgehead atoms. The molecule has 0 saturated heterocycles. The number of allylic oxidation sites excluding steroid dienone is 3.